The number of H-pyrrole nitrogens is 1. The molecule has 0 aliphatic carbocycles. The zero-order valence-corrected chi connectivity index (χ0v) is 11.2. The van der Waals surface area contributed by atoms with Crippen molar-refractivity contribution in [1.29, 1.82) is 0 Å². The molecule has 1 amide bonds. The number of rotatable bonds is 3. The summed E-state index contributed by atoms with van der Waals surface area (Å²) >= 11 is 1.46. The third kappa shape index (κ3) is 2.33. The number of aromatic nitrogens is 2. The van der Waals surface area contributed by atoms with E-state index in [4.69, 9.17) is 0 Å². The van der Waals surface area contributed by atoms with E-state index in [0.717, 1.165) is 10.4 Å². The molecule has 0 atom stereocenters. The van der Waals surface area contributed by atoms with E-state index in [-0.39, 0.29) is 16.9 Å². The molecule has 6 heteroatoms. The van der Waals surface area contributed by atoms with E-state index in [1.54, 1.807) is 29.9 Å². The molecule has 2 heterocycles. The van der Waals surface area contributed by atoms with Gasteiger partial charge in [-0.3, -0.25) is 14.6 Å². The van der Waals surface area contributed by atoms with Crippen LogP contribution in [0.3, 0.4) is 0 Å². The zero-order valence-electron chi connectivity index (χ0n) is 10.4. The second-order valence-corrected chi connectivity index (χ2v) is 5.20. The highest BCUT2D eigenvalue weighted by atomic mass is 32.1. The molecule has 20 heavy (non-hydrogen) atoms. The molecule has 0 spiro atoms. The van der Waals surface area contributed by atoms with Gasteiger partial charge in [-0.2, -0.15) is 0 Å². The summed E-state index contributed by atoms with van der Waals surface area (Å²) in [6.07, 6.45) is 3.14. The largest absolute Gasteiger partial charge is 0.360 e. The average Bonchev–Trinajstić information content (AvgIpc) is 2.99. The van der Waals surface area contributed by atoms with Crippen molar-refractivity contribution >= 4 is 28.1 Å². The molecule has 1 aromatic carbocycles. The Morgan fingerprint density at radius 2 is 2.20 bits per heavy atom. The van der Waals surface area contributed by atoms with E-state index in [0.29, 0.717) is 11.9 Å². The quantitative estimate of drug-likeness (QED) is 0.772. The van der Waals surface area contributed by atoms with Crippen molar-refractivity contribution in [2.75, 3.05) is 0 Å². The molecule has 2 aromatic heterocycles. The number of para-hydroxylation sites is 1. The number of carbonyl (C=O) groups excluding carboxylic acids is 1. The summed E-state index contributed by atoms with van der Waals surface area (Å²) in [4.78, 5) is 32.1. The van der Waals surface area contributed by atoms with E-state index in [2.05, 4.69) is 15.3 Å². The Balaban J connectivity index is 1.88. The van der Waals surface area contributed by atoms with Crippen molar-refractivity contribution in [3.8, 4) is 0 Å². The Morgan fingerprint density at radius 1 is 1.35 bits per heavy atom. The van der Waals surface area contributed by atoms with Gasteiger partial charge in [-0.05, 0) is 12.1 Å². The molecule has 100 valence electrons. The van der Waals surface area contributed by atoms with Crippen LogP contribution in [0.4, 0.5) is 0 Å². The van der Waals surface area contributed by atoms with Crippen LogP contribution in [0.5, 0.6) is 0 Å². The highest BCUT2D eigenvalue weighted by Gasteiger charge is 2.12. The monoisotopic (exact) mass is 285 g/mol. The van der Waals surface area contributed by atoms with Crippen LogP contribution in [0.2, 0.25) is 0 Å². The standard InChI is InChI=1S/C14H11N3O2S/c18-13-10-3-1-2-4-12(10)16-7-11(13)14(19)17-6-9-5-15-8-20-9/h1-5,7-8H,6H2,(H,16,18)(H,17,19). The predicted octanol–water partition coefficient (Wildman–Crippen LogP) is 1.91. The van der Waals surface area contributed by atoms with Crippen molar-refractivity contribution in [2.24, 2.45) is 0 Å². The van der Waals surface area contributed by atoms with Gasteiger partial charge in [0.1, 0.15) is 5.56 Å². The minimum atomic E-state index is -0.384. The predicted molar refractivity (Wildman–Crippen MR) is 77.9 cm³/mol. The Bertz CT molecular complexity index is 809. The van der Waals surface area contributed by atoms with Gasteiger partial charge in [-0.25, -0.2) is 0 Å². The van der Waals surface area contributed by atoms with Gasteiger partial charge in [0.05, 0.1) is 12.1 Å². The molecule has 3 rings (SSSR count). The lowest BCUT2D eigenvalue weighted by molar-refractivity contribution is 0.0950. The molecule has 0 saturated carbocycles. The third-order valence-electron chi connectivity index (χ3n) is 2.94. The van der Waals surface area contributed by atoms with Crippen LogP contribution in [0, 0.1) is 0 Å². The topological polar surface area (TPSA) is 74.8 Å². The lowest BCUT2D eigenvalue weighted by Gasteiger charge is -2.04. The van der Waals surface area contributed by atoms with Crippen LogP contribution in [-0.2, 0) is 6.54 Å². The van der Waals surface area contributed by atoms with Crippen molar-refractivity contribution in [1.82, 2.24) is 15.3 Å². The molecule has 5 nitrogen and oxygen atoms in total. The Hall–Kier alpha value is -2.47. The fraction of sp³-hybridized carbons (Fsp3) is 0.0714. The summed E-state index contributed by atoms with van der Waals surface area (Å²) in [5.74, 6) is -0.384. The third-order valence-corrected chi connectivity index (χ3v) is 3.72. The van der Waals surface area contributed by atoms with E-state index in [1.165, 1.54) is 17.5 Å². The van der Waals surface area contributed by atoms with Gasteiger partial charge < -0.3 is 10.3 Å². The first-order chi connectivity index (χ1) is 9.75. The number of nitrogens with one attached hydrogen (secondary N) is 2. The second kappa shape index (κ2) is 5.26. The van der Waals surface area contributed by atoms with Gasteiger partial charge >= 0.3 is 0 Å². The summed E-state index contributed by atoms with van der Waals surface area (Å²) in [7, 11) is 0. The minimum Gasteiger partial charge on any atom is -0.360 e. The molecular weight excluding hydrogens is 274 g/mol. The molecular formula is C14H11N3O2S. The number of fused-ring (bicyclic) bond motifs is 1. The lowest BCUT2D eigenvalue weighted by atomic mass is 10.1. The molecule has 0 radical (unpaired) electrons. The number of aromatic amines is 1. The molecule has 0 bridgehead atoms. The van der Waals surface area contributed by atoms with Crippen LogP contribution in [0.25, 0.3) is 10.9 Å². The summed E-state index contributed by atoms with van der Waals surface area (Å²) in [5, 5.41) is 3.23. The minimum absolute atomic E-state index is 0.119. The van der Waals surface area contributed by atoms with Crippen molar-refractivity contribution in [2.45, 2.75) is 6.54 Å². The maximum Gasteiger partial charge on any atom is 0.257 e. The average molecular weight is 285 g/mol. The van der Waals surface area contributed by atoms with Gasteiger partial charge in [-0.15, -0.1) is 11.3 Å². The Kier molecular flexibility index (Phi) is 3.30. The van der Waals surface area contributed by atoms with Gasteiger partial charge in [0, 0.05) is 28.2 Å². The smallest absolute Gasteiger partial charge is 0.257 e. The lowest BCUT2D eigenvalue weighted by Crippen LogP contribution is -2.28. The highest BCUT2D eigenvalue weighted by molar-refractivity contribution is 7.09. The highest BCUT2D eigenvalue weighted by Crippen LogP contribution is 2.08. The van der Waals surface area contributed by atoms with E-state index >= 15 is 0 Å². The van der Waals surface area contributed by atoms with Gasteiger partial charge in [0.15, 0.2) is 0 Å². The second-order valence-electron chi connectivity index (χ2n) is 4.23. The summed E-state index contributed by atoms with van der Waals surface area (Å²) in [6.45, 7) is 0.371. The van der Waals surface area contributed by atoms with Crippen molar-refractivity contribution in [3.63, 3.8) is 0 Å². The number of nitrogens with zero attached hydrogens (tertiary/aromatic N) is 1. The van der Waals surface area contributed by atoms with E-state index in [9.17, 15) is 9.59 Å². The number of carbonyl (C=O) groups is 1. The normalized spacial score (nSPS) is 10.6. The zero-order chi connectivity index (χ0) is 13.9. The van der Waals surface area contributed by atoms with Gasteiger partial charge in [0.2, 0.25) is 5.43 Å². The number of pyridine rings is 1. The molecule has 0 fully saturated rings. The van der Waals surface area contributed by atoms with E-state index in [1.807, 2.05) is 6.07 Å². The molecule has 3 aromatic rings. The summed E-state index contributed by atoms with van der Waals surface area (Å²) in [5.41, 5.74) is 2.27. The van der Waals surface area contributed by atoms with Crippen molar-refractivity contribution < 1.29 is 4.79 Å². The first-order valence-electron chi connectivity index (χ1n) is 6.01. The SMILES string of the molecule is O=C(NCc1cncs1)c1c[nH]c2ccccc2c1=O. The van der Waals surface area contributed by atoms with Crippen LogP contribution < -0.4 is 10.7 Å². The van der Waals surface area contributed by atoms with Gasteiger partial charge in [0.25, 0.3) is 5.91 Å². The molecule has 0 aliphatic heterocycles. The molecule has 0 aliphatic rings. The Morgan fingerprint density at radius 3 is 3.00 bits per heavy atom. The fourth-order valence-electron chi connectivity index (χ4n) is 1.93. The summed E-state index contributed by atoms with van der Waals surface area (Å²) < 4.78 is 0. The Labute approximate surface area is 118 Å². The fourth-order valence-corrected chi connectivity index (χ4v) is 2.46. The number of amides is 1. The molecule has 0 unspecified atom stereocenters. The summed E-state index contributed by atoms with van der Waals surface area (Å²) in [6, 6.07) is 7.11. The van der Waals surface area contributed by atoms with Crippen molar-refractivity contribution in [3.05, 3.63) is 62.8 Å². The molecule has 2 N–H and O–H groups in total. The first kappa shape index (κ1) is 12.6. The van der Waals surface area contributed by atoms with Crippen LogP contribution in [0.15, 0.2) is 47.0 Å². The van der Waals surface area contributed by atoms with E-state index < -0.39 is 0 Å². The molecule has 0 saturated heterocycles. The number of thiazole rings is 1. The number of hydrogen-bond acceptors (Lipinski definition) is 4. The van der Waals surface area contributed by atoms with Crippen LogP contribution >= 0.6 is 11.3 Å². The van der Waals surface area contributed by atoms with Gasteiger partial charge in [-0.1, -0.05) is 12.1 Å². The first-order valence-corrected chi connectivity index (χ1v) is 6.89. The van der Waals surface area contributed by atoms with Crippen LogP contribution in [0.1, 0.15) is 15.2 Å². The number of hydrogen-bond donors (Lipinski definition) is 2. The van der Waals surface area contributed by atoms with Crippen LogP contribution in [-0.4, -0.2) is 15.9 Å². The maximum absolute atomic E-state index is 12.2. The maximum atomic E-state index is 12.2. The number of benzene rings is 1.